The maximum Gasteiger partial charge on any atom is 0.341 e. The molecular formula is C18H25NO5. The highest BCUT2D eigenvalue weighted by molar-refractivity contribution is 5.97. The molecule has 0 unspecified atom stereocenters. The predicted octanol–water partition coefficient (Wildman–Crippen LogP) is 3.07. The van der Waals surface area contributed by atoms with Crippen LogP contribution in [0.4, 0.5) is 5.69 Å². The molecule has 1 fully saturated rings. The third kappa shape index (κ3) is 4.71. The Morgan fingerprint density at radius 1 is 1.33 bits per heavy atom. The van der Waals surface area contributed by atoms with Crippen molar-refractivity contribution in [3.05, 3.63) is 24.3 Å². The number of benzene rings is 1. The second-order valence-corrected chi connectivity index (χ2v) is 6.29. The second kappa shape index (κ2) is 8.15. The number of nitrogens with one attached hydrogen (secondary N) is 1. The smallest absolute Gasteiger partial charge is 0.341 e. The van der Waals surface area contributed by atoms with Crippen molar-refractivity contribution < 1.29 is 24.2 Å². The van der Waals surface area contributed by atoms with Gasteiger partial charge in [0.25, 0.3) is 5.91 Å². The normalized spacial score (nSPS) is 23.5. The second-order valence-electron chi connectivity index (χ2n) is 6.29. The van der Waals surface area contributed by atoms with E-state index in [0.717, 1.165) is 25.7 Å². The number of anilines is 1. The van der Waals surface area contributed by atoms with Crippen LogP contribution in [0, 0.1) is 5.92 Å². The maximum atomic E-state index is 12.8. The Kier molecular flexibility index (Phi) is 6.20. The van der Waals surface area contributed by atoms with Crippen LogP contribution in [0.25, 0.3) is 0 Å². The highest BCUT2D eigenvalue weighted by Gasteiger charge is 2.42. The number of hydrogen-bond acceptors (Lipinski definition) is 4. The van der Waals surface area contributed by atoms with E-state index < -0.39 is 18.2 Å². The number of ether oxygens (including phenoxy) is 2. The van der Waals surface area contributed by atoms with E-state index in [2.05, 4.69) is 12.2 Å². The molecule has 2 rings (SSSR count). The highest BCUT2D eigenvalue weighted by atomic mass is 16.5. The first-order valence-corrected chi connectivity index (χ1v) is 8.35. The fourth-order valence-electron chi connectivity index (χ4n) is 3.21. The Bertz CT molecular complexity index is 567. The van der Waals surface area contributed by atoms with Crippen LogP contribution in [0.5, 0.6) is 5.75 Å². The molecule has 0 saturated heterocycles. The lowest BCUT2D eigenvalue weighted by Crippen LogP contribution is -2.48. The molecule has 6 heteroatoms. The van der Waals surface area contributed by atoms with Crippen molar-refractivity contribution in [2.75, 3.05) is 18.5 Å². The van der Waals surface area contributed by atoms with E-state index in [1.165, 1.54) is 0 Å². The summed E-state index contributed by atoms with van der Waals surface area (Å²) in [6, 6.07) is 6.66. The fraction of sp³-hybridized carbons (Fsp3) is 0.556. The first-order valence-electron chi connectivity index (χ1n) is 8.35. The standard InChI is InChI=1S/C18H25NO5/c1-3-24-18(10-4-5-13(2)11-18)17(22)19-14-6-8-15(9-7-14)23-12-16(20)21/h6-9,13H,3-5,10-12H2,1-2H3,(H,19,22)(H,20,21)/t13-,18+/m1/s1. The zero-order valence-electron chi connectivity index (χ0n) is 14.2. The summed E-state index contributed by atoms with van der Waals surface area (Å²) in [4.78, 5) is 23.3. The van der Waals surface area contributed by atoms with E-state index in [1.807, 2.05) is 6.92 Å². The van der Waals surface area contributed by atoms with Crippen LogP contribution in [0.15, 0.2) is 24.3 Å². The summed E-state index contributed by atoms with van der Waals surface area (Å²) >= 11 is 0. The number of carboxylic acids is 1. The third-order valence-electron chi connectivity index (χ3n) is 4.26. The van der Waals surface area contributed by atoms with Gasteiger partial charge in [-0.15, -0.1) is 0 Å². The van der Waals surface area contributed by atoms with E-state index in [4.69, 9.17) is 14.6 Å². The van der Waals surface area contributed by atoms with Crippen molar-refractivity contribution >= 4 is 17.6 Å². The van der Waals surface area contributed by atoms with Gasteiger partial charge in [-0.3, -0.25) is 4.79 Å². The van der Waals surface area contributed by atoms with Crippen molar-refractivity contribution in [3.8, 4) is 5.75 Å². The summed E-state index contributed by atoms with van der Waals surface area (Å²) in [7, 11) is 0. The lowest BCUT2D eigenvalue weighted by atomic mass is 9.78. The average molecular weight is 335 g/mol. The molecule has 1 aliphatic carbocycles. The van der Waals surface area contributed by atoms with Gasteiger partial charge in [-0.25, -0.2) is 4.79 Å². The molecule has 132 valence electrons. The molecule has 0 bridgehead atoms. The zero-order chi connectivity index (χ0) is 17.6. The van der Waals surface area contributed by atoms with Gasteiger partial charge in [0.2, 0.25) is 0 Å². The monoisotopic (exact) mass is 335 g/mol. The van der Waals surface area contributed by atoms with Crippen molar-refractivity contribution in [1.82, 2.24) is 0 Å². The fourth-order valence-corrected chi connectivity index (χ4v) is 3.21. The molecule has 1 aliphatic rings. The molecule has 1 aromatic rings. The molecule has 0 aromatic heterocycles. The predicted molar refractivity (Wildman–Crippen MR) is 90.2 cm³/mol. The summed E-state index contributed by atoms with van der Waals surface area (Å²) in [5.74, 6) is -0.239. The lowest BCUT2D eigenvalue weighted by molar-refractivity contribution is -0.147. The summed E-state index contributed by atoms with van der Waals surface area (Å²) < 4.78 is 10.9. The summed E-state index contributed by atoms with van der Waals surface area (Å²) in [6.45, 7) is 4.16. The van der Waals surface area contributed by atoms with Crippen LogP contribution in [-0.2, 0) is 14.3 Å². The minimum Gasteiger partial charge on any atom is -0.482 e. The Hall–Kier alpha value is -2.08. The van der Waals surface area contributed by atoms with Crippen LogP contribution in [0.3, 0.4) is 0 Å². The van der Waals surface area contributed by atoms with E-state index in [0.29, 0.717) is 24.0 Å². The van der Waals surface area contributed by atoms with Crippen LogP contribution < -0.4 is 10.1 Å². The van der Waals surface area contributed by atoms with Crippen molar-refractivity contribution in [3.63, 3.8) is 0 Å². The average Bonchev–Trinajstić information content (AvgIpc) is 2.54. The van der Waals surface area contributed by atoms with Gasteiger partial charge in [0.15, 0.2) is 6.61 Å². The Morgan fingerprint density at radius 2 is 2.04 bits per heavy atom. The molecule has 0 spiro atoms. The van der Waals surface area contributed by atoms with E-state index in [1.54, 1.807) is 24.3 Å². The molecule has 6 nitrogen and oxygen atoms in total. The van der Waals surface area contributed by atoms with Gasteiger partial charge in [0.1, 0.15) is 11.4 Å². The summed E-state index contributed by atoms with van der Waals surface area (Å²) in [5.41, 5.74) is -0.120. The van der Waals surface area contributed by atoms with Crippen LogP contribution >= 0.6 is 0 Å². The van der Waals surface area contributed by atoms with Crippen LogP contribution in [0.1, 0.15) is 39.5 Å². The highest BCUT2D eigenvalue weighted by Crippen LogP contribution is 2.36. The van der Waals surface area contributed by atoms with Gasteiger partial charge in [0, 0.05) is 12.3 Å². The molecule has 24 heavy (non-hydrogen) atoms. The van der Waals surface area contributed by atoms with Gasteiger partial charge in [0.05, 0.1) is 0 Å². The quantitative estimate of drug-likeness (QED) is 0.800. The zero-order valence-corrected chi connectivity index (χ0v) is 14.2. The molecule has 1 saturated carbocycles. The van der Waals surface area contributed by atoms with Crippen LogP contribution in [-0.4, -0.2) is 35.8 Å². The number of carbonyl (C=O) groups excluding carboxylic acids is 1. The molecule has 2 N–H and O–H groups in total. The lowest BCUT2D eigenvalue weighted by Gasteiger charge is -2.38. The number of aliphatic carboxylic acids is 1. The summed E-state index contributed by atoms with van der Waals surface area (Å²) in [6.07, 6.45) is 3.57. The third-order valence-corrected chi connectivity index (χ3v) is 4.26. The summed E-state index contributed by atoms with van der Waals surface area (Å²) in [5, 5.41) is 11.5. The Labute approximate surface area is 142 Å². The Balaban J connectivity index is 2.02. The number of amides is 1. The molecule has 0 aliphatic heterocycles. The van der Waals surface area contributed by atoms with Gasteiger partial charge >= 0.3 is 5.97 Å². The molecule has 0 heterocycles. The number of hydrogen-bond donors (Lipinski definition) is 2. The van der Waals surface area contributed by atoms with E-state index in [9.17, 15) is 9.59 Å². The SMILES string of the molecule is CCO[C@@]1(C(=O)Nc2ccc(OCC(=O)O)cc2)CCC[C@@H](C)C1. The number of carboxylic acid groups (broad SMARTS) is 1. The molecule has 0 radical (unpaired) electrons. The minimum absolute atomic E-state index is 0.116. The minimum atomic E-state index is -1.03. The van der Waals surface area contributed by atoms with Gasteiger partial charge in [-0.05, 0) is 56.4 Å². The number of rotatable bonds is 7. The van der Waals surface area contributed by atoms with E-state index >= 15 is 0 Å². The van der Waals surface area contributed by atoms with Crippen molar-refractivity contribution in [2.45, 2.75) is 45.1 Å². The first kappa shape index (κ1) is 18.3. The molecule has 2 atom stereocenters. The first-order chi connectivity index (χ1) is 11.4. The molecule has 1 aromatic carbocycles. The Morgan fingerprint density at radius 3 is 2.62 bits per heavy atom. The molecular weight excluding hydrogens is 310 g/mol. The molecule has 1 amide bonds. The number of carbonyl (C=O) groups is 2. The van der Waals surface area contributed by atoms with Crippen molar-refractivity contribution in [1.29, 1.82) is 0 Å². The maximum absolute atomic E-state index is 12.8. The topological polar surface area (TPSA) is 84.9 Å². The van der Waals surface area contributed by atoms with E-state index in [-0.39, 0.29) is 5.91 Å². The van der Waals surface area contributed by atoms with Crippen molar-refractivity contribution in [2.24, 2.45) is 5.92 Å². The van der Waals surface area contributed by atoms with Gasteiger partial charge in [-0.2, -0.15) is 0 Å². The van der Waals surface area contributed by atoms with Gasteiger partial charge < -0.3 is 19.9 Å². The largest absolute Gasteiger partial charge is 0.482 e. The van der Waals surface area contributed by atoms with Crippen LogP contribution in [0.2, 0.25) is 0 Å². The van der Waals surface area contributed by atoms with Gasteiger partial charge in [-0.1, -0.05) is 13.3 Å².